The minimum atomic E-state index is -0.472. The number of amides is 1. The van der Waals surface area contributed by atoms with E-state index in [0.29, 0.717) is 18.5 Å². The van der Waals surface area contributed by atoms with E-state index in [9.17, 15) is 14.4 Å². The number of rotatable bonds is 4. The Morgan fingerprint density at radius 2 is 1.68 bits per heavy atom. The van der Waals surface area contributed by atoms with Gasteiger partial charge >= 0.3 is 5.69 Å². The van der Waals surface area contributed by atoms with Crippen LogP contribution in [0.15, 0.2) is 57.4 Å². The first-order chi connectivity index (χ1) is 16.4. The Morgan fingerprint density at radius 1 is 0.941 bits per heavy atom. The van der Waals surface area contributed by atoms with Crippen LogP contribution in [0.2, 0.25) is 0 Å². The molecular formula is C24H24N6O3S. The minimum absolute atomic E-state index is 0.199. The predicted molar refractivity (Wildman–Crippen MR) is 131 cm³/mol. The molecule has 0 N–H and O–H groups in total. The SMILES string of the molecule is Cn1c(=O)c2ccc(C(=O)N3CCN(Cc4csc(-c5ccccc5)n4)CC3)nc2n(C)c1=O. The van der Waals surface area contributed by atoms with Crippen molar-refractivity contribution in [3.63, 3.8) is 0 Å². The number of benzene rings is 1. The van der Waals surface area contributed by atoms with Crippen molar-refractivity contribution in [3.8, 4) is 10.6 Å². The third-order valence-electron chi connectivity index (χ3n) is 6.14. The van der Waals surface area contributed by atoms with Crippen LogP contribution < -0.4 is 11.2 Å². The predicted octanol–water partition coefficient (Wildman–Crippen LogP) is 1.71. The van der Waals surface area contributed by atoms with Gasteiger partial charge in [-0.2, -0.15) is 0 Å². The maximum absolute atomic E-state index is 13.1. The number of fused-ring (bicyclic) bond motifs is 1. The molecule has 1 fully saturated rings. The van der Waals surface area contributed by atoms with Gasteiger partial charge in [-0.1, -0.05) is 30.3 Å². The highest BCUT2D eigenvalue weighted by Crippen LogP contribution is 2.24. The van der Waals surface area contributed by atoms with Crippen LogP contribution in [-0.4, -0.2) is 61.0 Å². The van der Waals surface area contributed by atoms with E-state index in [2.05, 4.69) is 27.4 Å². The van der Waals surface area contributed by atoms with E-state index in [1.807, 2.05) is 18.2 Å². The Labute approximate surface area is 199 Å². The topological polar surface area (TPSA) is 93.3 Å². The van der Waals surface area contributed by atoms with E-state index in [1.165, 1.54) is 11.6 Å². The number of carbonyl (C=O) groups is 1. The summed E-state index contributed by atoms with van der Waals surface area (Å²) in [6.07, 6.45) is 0. The third kappa shape index (κ3) is 4.06. The first-order valence-corrected chi connectivity index (χ1v) is 11.9. The van der Waals surface area contributed by atoms with Crippen LogP contribution in [-0.2, 0) is 20.6 Å². The van der Waals surface area contributed by atoms with Gasteiger partial charge in [-0.25, -0.2) is 14.8 Å². The molecule has 1 amide bonds. The zero-order valence-corrected chi connectivity index (χ0v) is 19.8. The van der Waals surface area contributed by atoms with Gasteiger partial charge in [0.05, 0.1) is 11.1 Å². The molecule has 0 atom stereocenters. The summed E-state index contributed by atoms with van der Waals surface area (Å²) in [6.45, 7) is 3.35. The fourth-order valence-corrected chi connectivity index (χ4v) is 4.98. The van der Waals surface area contributed by atoms with Crippen molar-refractivity contribution in [1.82, 2.24) is 28.9 Å². The molecule has 0 bridgehead atoms. The second-order valence-electron chi connectivity index (χ2n) is 8.35. The Bertz CT molecular complexity index is 1480. The van der Waals surface area contributed by atoms with Crippen LogP contribution in [0.25, 0.3) is 21.6 Å². The molecule has 9 nitrogen and oxygen atoms in total. The lowest BCUT2D eigenvalue weighted by Gasteiger charge is -2.34. The van der Waals surface area contributed by atoms with E-state index < -0.39 is 11.2 Å². The Kier molecular flexibility index (Phi) is 5.84. The van der Waals surface area contributed by atoms with Gasteiger partial charge in [-0.15, -0.1) is 11.3 Å². The smallest absolute Gasteiger partial charge is 0.332 e. The molecule has 0 saturated carbocycles. The largest absolute Gasteiger partial charge is 0.335 e. The summed E-state index contributed by atoms with van der Waals surface area (Å²) >= 11 is 1.64. The third-order valence-corrected chi connectivity index (χ3v) is 7.08. The van der Waals surface area contributed by atoms with E-state index >= 15 is 0 Å². The maximum Gasteiger partial charge on any atom is 0.332 e. The zero-order chi connectivity index (χ0) is 23.8. The molecule has 0 spiro atoms. The van der Waals surface area contributed by atoms with Crippen LogP contribution >= 0.6 is 11.3 Å². The van der Waals surface area contributed by atoms with Gasteiger partial charge < -0.3 is 4.90 Å². The van der Waals surface area contributed by atoms with Crippen molar-refractivity contribution in [2.24, 2.45) is 14.1 Å². The number of pyridine rings is 1. The molecule has 1 saturated heterocycles. The van der Waals surface area contributed by atoms with E-state index in [1.54, 1.807) is 35.4 Å². The normalized spacial score (nSPS) is 14.6. The molecule has 0 aliphatic carbocycles. The standard InChI is InChI=1S/C24H24N6O3S/c1-27-20-18(22(31)28(2)24(27)33)8-9-19(26-20)23(32)30-12-10-29(11-13-30)14-17-15-34-21(25-17)16-6-4-3-5-7-16/h3-9,15H,10-14H2,1-2H3. The molecule has 1 aliphatic rings. The molecule has 10 heteroatoms. The fraction of sp³-hybridized carbons (Fsp3) is 0.292. The number of piperazine rings is 1. The van der Waals surface area contributed by atoms with Crippen molar-refractivity contribution in [2.45, 2.75) is 6.54 Å². The van der Waals surface area contributed by atoms with Crippen molar-refractivity contribution < 1.29 is 4.79 Å². The monoisotopic (exact) mass is 476 g/mol. The lowest BCUT2D eigenvalue weighted by atomic mass is 10.2. The van der Waals surface area contributed by atoms with Gasteiger partial charge in [0.2, 0.25) is 0 Å². The zero-order valence-electron chi connectivity index (χ0n) is 19.0. The quantitative estimate of drug-likeness (QED) is 0.445. The van der Waals surface area contributed by atoms with Crippen LogP contribution in [0.5, 0.6) is 0 Å². The van der Waals surface area contributed by atoms with Gasteiger partial charge in [-0.05, 0) is 12.1 Å². The van der Waals surface area contributed by atoms with Crippen molar-refractivity contribution in [2.75, 3.05) is 26.2 Å². The summed E-state index contributed by atoms with van der Waals surface area (Å²) < 4.78 is 2.33. The number of nitrogens with zero attached hydrogens (tertiary/aromatic N) is 6. The van der Waals surface area contributed by atoms with Crippen LogP contribution in [0.1, 0.15) is 16.2 Å². The van der Waals surface area contributed by atoms with Gasteiger partial charge in [0, 0.05) is 57.8 Å². The highest BCUT2D eigenvalue weighted by Gasteiger charge is 2.24. The van der Waals surface area contributed by atoms with Gasteiger partial charge in [0.15, 0.2) is 0 Å². The second-order valence-corrected chi connectivity index (χ2v) is 9.21. The highest BCUT2D eigenvalue weighted by atomic mass is 32.1. The Hall–Kier alpha value is -3.63. The number of hydrogen-bond acceptors (Lipinski definition) is 7. The van der Waals surface area contributed by atoms with Crippen LogP contribution in [0, 0.1) is 0 Å². The molecule has 34 heavy (non-hydrogen) atoms. The Morgan fingerprint density at radius 3 is 2.41 bits per heavy atom. The minimum Gasteiger partial charge on any atom is -0.335 e. The molecule has 4 aromatic rings. The maximum atomic E-state index is 13.1. The molecule has 4 heterocycles. The number of aromatic nitrogens is 4. The molecule has 3 aromatic heterocycles. The number of carbonyl (C=O) groups excluding carboxylic acids is 1. The number of aryl methyl sites for hydroxylation is 1. The summed E-state index contributed by atoms with van der Waals surface area (Å²) in [6, 6.07) is 13.3. The summed E-state index contributed by atoms with van der Waals surface area (Å²) in [4.78, 5) is 50.9. The summed E-state index contributed by atoms with van der Waals surface area (Å²) in [5.41, 5.74) is 1.71. The second kappa shape index (κ2) is 8.96. The Balaban J connectivity index is 1.26. The van der Waals surface area contributed by atoms with Gasteiger partial charge in [-0.3, -0.25) is 23.6 Å². The van der Waals surface area contributed by atoms with Crippen molar-refractivity contribution >= 4 is 28.3 Å². The molecule has 174 valence electrons. The van der Waals surface area contributed by atoms with Gasteiger partial charge in [0.25, 0.3) is 11.5 Å². The molecular weight excluding hydrogens is 452 g/mol. The van der Waals surface area contributed by atoms with E-state index in [-0.39, 0.29) is 17.2 Å². The molecule has 1 aromatic carbocycles. The summed E-state index contributed by atoms with van der Waals surface area (Å²) in [7, 11) is 2.97. The lowest BCUT2D eigenvalue weighted by molar-refractivity contribution is 0.0622. The average Bonchev–Trinajstić information content (AvgIpc) is 3.35. The molecule has 5 rings (SSSR count). The van der Waals surface area contributed by atoms with Gasteiger partial charge in [0.1, 0.15) is 16.3 Å². The molecule has 1 aliphatic heterocycles. The fourth-order valence-electron chi connectivity index (χ4n) is 4.17. The first-order valence-electron chi connectivity index (χ1n) is 11.0. The number of hydrogen-bond donors (Lipinski definition) is 0. The van der Waals surface area contributed by atoms with Crippen LogP contribution in [0.4, 0.5) is 0 Å². The molecule has 0 radical (unpaired) electrons. The lowest BCUT2D eigenvalue weighted by Crippen LogP contribution is -2.48. The molecule has 0 unspecified atom stereocenters. The van der Waals surface area contributed by atoms with E-state index in [0.717, 1.165) is 40.5 Å². The summed E-state index contributed by atoms with van der Waals surface area (Å²) in [5, 5.41) is 3.41. The first kappa shape index (κ1) is 22.2. The van der Waals surface area contributed by atoms with Crippen molar-refractivity contribution in [1.29, 1.82) is 0 Å². The van der Waals surface area contributed by atoms with E-state index in [4.69, 9.17) is 4.98 Å². The summed E-state index contributed by atoms with van der Waals surface area (Å²) in [5.74, 6) is -0.199. The highest BCUT2D eigenvalue weighted by molar-refractivity contribution is 7.13. The number of thiazole rings is 1. The average molecular weight is 477 g/mol. The van der Waals surface area contributed by atoms with Crippen LogP contribution in [0.3, 0.4) is 0 Å². The van der Waals surface area contributed by atoms with Crippen molar-refractivity contribution in [3.05, 3.63) is 80.1 Å².